The molecular weight excluding hydrogens is 332 g/mol. The minimum absolute atomic E-state index is 0.354. The van der Waals surface area contributed by atoms with E-state index in [2.05, 4.69) is 25.2 Å². The van der Waals surface area contributed by atoms with Crippen LogP contribution in [0.1, 0.15) is 55.0 Å². The first kappa shape index (κ1) is 15.7. The lowest BCUT2D eigenvalue weighted by Crippen LogP contribution is -2.33. The molecule has 1 aliphatic heterocycles. The molecule has 0 spiro atoms. The van der Waals surface area contributed by atoms with Gasteiger partial charge in [-0.15, -0.1) is 15.3 Å². The van der Waals surface area contributed by atoms with Gasteiger partial charge in [-0.2, -0.15) is 4.52 Å². The second kappa shape index (κ2) is 6.35. The van der Waals surface area contributed by atoms with Crippen molar-refractivity contribution in [3.63, 3.8) is 0 Å². The van der Waals surface area contributed by atoms with E-state index in [1.54, 1.807) is 7.11 Å². The highest BCUT2D eigenvalue weighted by atomic mass is 16.5. The van der Waals surface area contributed by atoms with Gasteiger partial charge in [0.25, 0.3) is 0 Å². The fourth-order valence-electron chi connectivity index (χ4n) is 3.65. The fourth-order valence-corrected chi connectivity index (χ4v) is 3.65. The van der Waals surface area contributed by atoms with E-state index >= 15 is 0 Å². The Morgan fingerprint density at radius 1 is 1.12 bits per heavy atom. The van der Waals surface area contributed by atoms with Crippen LogP contribution in [0.4, 0.5) is 0 Å². The molecule has 0 amide bonds. The summed E-state index contributed by atoms with van der Waals surface area (Å²) >= 11 is 0. The molecule has 8 nitrogen and oxygen atoms in total. The van der Waals surface area contributed by atoms with Crippen LogP contribution in [-0.2, 0) is 6.54 Å². The average Bonchev–Trinajstić information content (AvgIpc) is 3.28. The second-order valence-corrected chi connectivity index (χ2v) is 7.18. The molecule has 0 bridgehead atoms. The van der Waals surface area contributed by atoms with Gasteiger partial charge in [-0.3, -0.25) is 4.90 Å². The lowest BCUT2D eigenvalue weighted by molar-refractivity contribution is 0.183. The Balaban J connectivity index is 1.25. The summed E-state index contributed by atoms with van der Waals surface area (Å²) in [4.78, 5) is 6.84. The molecule has 3 aromatic rings. The van der Waals surface area contributed by atoms with Crippen molar-refractivity contribution in [2.75, 3.05) is 20.2 Å². The lowest BCUT2D eigenvalue weighted by Gasteiger charge is -2.29. The predicted octanol–water partition coefficient (Wildman–Crippen LogP) is 2.38. The molecule has 2 aliphatic rings. The van der Waals surface area contributed by atoms with E-state index in [1.807, 2.05) is 22.8 Å². The highest BCUT2D eigenvalue weighted by molar-refractivity contribution is 5.38. The maximum Gasteiger partial charge on any atom is 0.231 e. The Morgan fingerprint density at radius 2 is 1.96 bits per heavy atom. The van der Waals surface area contributed by atoms with Crippen LogP contribution in [-0.4, -0.2) is 49.9 Å². The summed E-state index contributed by atoms with van der Waals surface area (Å²) in [5, 5.41) is 13.1. The quantitative estimate of drug-likeness (QED) is 0.696. The summed E-state index contributed by atoms with van der Waals surface area (Å²) in [5.74, 6) is 4.37. The third kappa shape index (κ3) is 2.94. The number of nitrogens with zero attached hydrogens (tertiary/aromatic N) is 6. The molecule has 1 saturated heterocycles. The molecule has 4 heterocycles. The Hall–Kier alpha value is -2.48. The average molecular weight is 354 g/mol. The van der Waals surface area contributed by atoms with E-state index in [-0.39, 0.29) is 0 Å². The molecule has 5 rings (SSSR count). The van der Waals surface area contributed by atoms with Gasteiger partial charge < -0.3 is 9.15 Å². The maximum atomic E-state index is 5.89. The summed E-state index contributed by atoms with van der Waals surface area (Å²) in [6, 6.07) is 3.69. The highest BCUT2D eigenvalue weighted by Gasteiger charge is 2.29. The molecule has 0 atom stereocenters. The van der Waals surface area contributed by atoms with Crippen LogP contribution in [0.5, 0.6) is 5.88 Å². The minimum Gasteiger partial charge on any atom is -0.480 e. The van der Waals surface area contributed by atoms with Gasteiger partial charge in [-0.1, -0.05) is 0 Å². The van der Waals surface area contributed by atoms with E-state index in [0.717, 1.165) is 55.6 Å². The molecule has 136 valence electrons. The van der Waals surface area contributed by atoms with Crippen LogP contribution in [0, 0.1) is 0 Å². The Labute approximate surface area is 151 Å². The zero-order valence-corrected chi connectivity index (χ0v) is 14.8. The Morgan fingerprint density at radius 3 is 2.73 bits per heavy atom. The zero-order valence-electron chi connectivity index (χ0n) is 14.8. The van der Waals surface area contributed by atoms with Crippen LogP contribution in [0.2, 0.25) is 0 Å². The van der Waals surface area contributed by atoms with Crippen LogP contribution < -0.4 is 4.74 Å². The monoisotopic (exact) mass is 354 g/mol. The van der Waals surface area contributed by atoms with E-state index in [0.29, 0.717) is 17.7 Å². The Bertz CT molecular complexity index is 907. The van der Waals surface area contributed by atoms with Gasteiger partial charge in [0, 0.05) is 17.9 Å². The molecule has 26 heavy (non-hydrogen) atoms. The van der Waals surface area contributed by atoms with Gasteiger partial charge >= 0.3 is 0 Å². The first-order valence-corrected chi connectivity index (χ1v) is 9.23. The number of hydrogen-bond donors (Lipinski definition) is 0. The summed E-state index contributed by atoms with van der Waals surface area (Å²) in [5.41, 5.74) is 0.760. The summed E-state index contributed by atoms with van der Waals surface area (Å²) in [7, 11) is 1.62. The molecule has 0 unspecified atom stereocenters. The van der Waals surface area contributed by atoms with Crippen LogP contribution in [0.15, 0.2) is 22.7 Å². The number of hydrogen-bond acceptors (Lipinski definition) is 7. The van der Waals surface area contributed by atoms with Crippen molar-refractivity contribution >= 4 is 5.65 Å². The van der Waals surface area contributed by atoms with Crippen molar-refractivity contribution in [1.82, 2.24) is 29.7 Å². The van der Waals surface area contributed by atoms with Gasteiger partial charge in [0.1, 0.15) is 5.76 Å². The van der Waals surface area contributed by atoms with Gasteiger partial charge in [0.2, 0.25) is 11.8 Å². The van der Waals surface area contributed by atoms with Crippen molar-refractivity contribution in [3.8, 4) is 5.88 Å². The third-order valence-corrected chi connectivity index (χ3v) is 5.33. The summed E-state index contributed by atoms with van der Waals surface area (Å²) < 4.78 is 12.9. The molecular formula is C18H22N6O2. The van der Waals surface area contributed by atoms with Crippen molar-refractivity contribution in [2.24, 2.45) is 0 Å². The van der Waals surface area contributed by atoms with Crippen LogP contribution in [0.3, 0.4) is 0 Å². The molecule has 0 radical (unpaired) electrons. The summed E-state index contributed by atoms with van der Waals surface area (Å²) in [6.07, 6.45) is 6.43. The first-order chi connectivity index (χ1) is 12.8. The summed E-state index contributed by atoms with van der Waals surface area (Å²) in [6.45, 7) is 2.77. The minimum atomic E-state index is 0.354. The largest absolute Gasteiger partial charge is 0.480 e. The molecule has 2 fully saturated rings. The van der Waals surface area contributed by atoms with Gasteiger partial charge in [0.05, 0.1) is 19.9 Å². The molecule has 1 aliphatic carbocycles. The standard InChI is InChI=1S/C18H22N6O2/c1-25-16-5-4-15-20-21-18(24(15)22-16)13-6-8-23(9-7-13)11-17-19-10-14(26-17)12-2-3-12/h4-5,10,12-13H,2-3,6-9,11H2,1H3. The molecule has 8 heteroatoms. The SMILES string of the molecule is COc1ccc2nnc(C3CCN(Cc4ncc(C5CC5)o4)CC3)n2n1. The van der Waals surface area contributed by atoms with Crippen molar-refractivity contribution in [3.05, 3.63) is 35.8 Å². The third-order valence-electron chi connectivity index (χ3n) is 5.33. The number of ether oxygens (including phenoxy) is 1. The number of methoxy groups -OCH3 is 1. The fraction of sp³-hybridized carbons (Fsp3) is 0.556. The molecule has 3 aromatic heterocycles. The second-order valence-electron chi connectivity index (χ2n) is 7.18. The first-order valence-electron chi connectivity index (χ1n) is 9.23. The molecule has 0 N–H and O–H groups in total. The van der Waals surface area contributed by atoms with E-state index < -0.39 is 0 Å². The van der Waals surface area contributed by atoms with Gasteiger partial charge in [-0.25, -0.2) is 4.98 Å². The highest BCUT2D eigenvalue weighted by Crippen LogP contribution is 2.40. The number of piperidine rings is 1. The van der Waals surface area contributed by atoms with Crippen LogP contribution >= 0.6 is 0 Å². The van der Waals surface area contributed by atoms with E-state index in [9.17, 15) is 0 Å². The number of aromatic nitrogens is 5. The van der Waals surface area contributed by atoms with E-state index in [1.165, 1.54) is 12.8 Å². The van der Waals surface area contributed by atoms with Crippen molar-refractivity contribution in [2.45, 2.75) is 44.1 Å². The number of likely N-dealkylation sites (tertiary alicyclic amines) is 1. The van der Waals surface area contributed by atoms with Gasteiger partial charge in [-0.05, 0) is 44.8 Å². The number of oxazole rings is 1. The molecule has 1 saturated carbocycles. The zero-order chi connectivity index (χ0) is 17.5. The maximum absolute atomic E-state index is 5.89. The number of rotatable bonds is 5. The smallest absolute Gasteiger partial charge is 0.231 e. The molecule has 0 aromatic carbocycles. The number of fused-ring (bicyclic) bond motifs is 1. The predicted molar refractivity (Wildman–Crippen MR) is 93.1 cm³/mol. The van der Waals surface area contributed by atoms with Crippen molar-refractivity contribution < 1.29 is 9.15 Å². The Kier molecular flexibility index (Phi) is 3.85. The lowest BCUT2D eigenvalue weighted by atomic mass is 9.96. The van der Waals surface area contributed by atoms with Gasteiger partial charge in [0.15, 0.2) is 11.5 Å². The van der Waals surface area contributed by atoms with Crippen molar-refractivity contribution in [1.29, 1.82) is 0 Å². The van der Waals surface area contributed by atoms with Crippen LogP contribution in [0.25, 0.3) is 5.65 Å². The normalized spacial score (nSPS) is 19.3. The topological polar surface area (TPSA) is 81.6 Å². The van der Waals surface area contributed by atoms with E-state index in [4.69, 9.17) is 9.15 Å².